The highest BCUT2D eigenvalue weighted by Crippen LogP contribution is 2.25. The number of H-pyrrole nitrogens is 1. The van der Waals surface area contributed by atoms with E-state index in [4.69, 9.17) is 0 Å². The fraction of sp³-hybridized carbons (Fsp3) is 0.462. The van der Waals surface area contributed by atoms with Gasteiger partial charge in [0.25, 0.3) is 0 Å². The minimum absolute atomic E-state index is 0.666. The van der Waals surface area contributed by atoms with Crippen LogP contribution in [-0.2, 0) is 6.54 Å². The van der Waals surface area contributed by atoms with E-state index in [1.807, 2.05) is 6.20 Å². The smallest absolute Gasteiger partial charge is 0.0924 e. The van der Waals surface area contributed by atoms with E-state index in [0.29, 0.717) is 5.92 Å². The van der Waals surface area contributed by atoms with Gasteiger partial charge in [-0.2, -0.15) is 0 Å². The van der Waals surface area contributed by atoms with Crippen LogP contribution in [0.3, 0.4) is 0 Å². The van der Waals surface area contributed by atoms with E-state index in [2.05, 4.69) is 48.3 Å². The van der Waals surface area contributed by atoms with Crippen LogP contribution < -0.4 is 0 Å². The Hall–Kier alpha value is -1.51. The molecule has 3 nitrogen and oxygen atoms in total. The predicted octanol–water partition coefficient (Wildman–Crippen LogP) is 3.15. The topological polar surface area (TPSA) is 33.6 Å². The zero-order chi connectivity index (χ0) is 11.7. The number of aromatic amines is 1. The summed E-state index contributed by atoms with van der Waals surface area (Å²) in [5, 5.41) is 0. The van der Waals surface area contributed by atoms with E-state index in [-0.39, 0.29) is 0 Å². The van der Waals surface area contributed by atoms with Gasteiger partial charge in [-0.3, -0.25) is 0 Å². The SMILES string of the molecule is Cc1cc(-c2cnc[nH]2)c(C)n1CC(C)C. The molecule has 3 heteroatoms. The highest BCUT2D eigenvalue weighted by molar-refractivity contribution is 5.62. The first kappa shape index (κ1) is 11.0. The summed E-state index contributed by atoms with van der Waals surface area (Å²) in [6.07, 6.45) is 3.60. The lowest BCUT2D eigenvalue weighted by atomic mass is 10.2. The Kier molecular flexibility index (Phi) is 2.86. The number of rotatable bonds is 3. The van der Waals surface area contributed by atoms with Crippen LogP contribution in [0.25, 0.3) is 11.3 Å². The molecule has 2 aromatic rings. The summed E-state index contributed by atoms with van der Waals surface area (Å²) in [5.74, 6) is 0.666. The van der Waals surface area contributed by atoms with Gasteiger partial charge >= 0.3 is 0 Å². The van der Waals surface area contributed by atoms with Crippen LogP contribution in [0.15, 0.2) is 18.6 Å². The van der Waals surface area contributed by atoms with Crippen LogP contribution in [-0.4, -0.2) is 14.5 Å². The molecule has 0 aliphatic carbocycles. The highest BCUT2D eigenvalue weighted by atomic mass is 15.0. The summed E-state index contributed by atoms with van der Waals surface area (Å²) in [4.78, 5) is 7.24. The maximum absolute atomic E-state index is 4.07. The zero-order valence-corrected chi connectivity index (χ0v) is 10.4. The summed E-state index contributed by atoms with van der Waals surface area (Å²) >= 11 is 0. The Morgan fingerprint density at radius 1 is 1.38 bits per heavy atom. The summed E-state index contributed by atoms with van der Waals surface area (Å²) in [5.41, 5.74) is 4.99. The van der Waals surface area contributed by atoms with E-state index in [0.717, 1.165) is 12.2 Å². The van der Waals surface area contributed by atoms with Crippen molar-refractivity contribution >= 4 is 0 Å². The third kappa shape index (κ3) is 1.90. The van der Waals surface area contributed by atoms with Crippen LogP contribution in [0.4, 0.5) is 0 Å². The predicted molar refractivity (Wildman–Crippen MR) is 66.3 cm³/mol. The van der Waals surface area contributed by atoms with Crippen LogP contribution in [0.5, 0.6) is 0 Å². The quantitative estimate of drug-likeness (QED) is 0.841. The Morgan fingerprint density at radius 2 is 2.12 bits per heavy atom. The number of nitrogens with one attached hydrogen (secondary N) is 1. The number of aromatic nitrogens is 3. The van der Waals surface area contributed by atoms with Crippen LogP contribution in [0, 0.1) is 19.8 Å². The van der Waals surface area contributed by atoms with E-state index in [1.54, 1.807) is 6.33 Å². The van der Waals surface area contributed by atoms with Gasteiger partial charge in [-0.05, 0) is 25.8 Å². The molecule has 0 unspecified atom stereocenters. The lowest BCUT2D eigenvalue weighted by Crippen LogP contribution is -2.07. The molecule has 0 fully saturated rings. The second-order valence-electron chi connectivity index (χ2n) is 4.75. The highest BCUT2D eigenvalue weighted by Gasteiger charge is 2.12. The Morgan fingerprint density at radius 3 is 2.69 bits per heavy atom. The standard InChI is InChI=1S/C13H19N3/c1-9(2)7-16-10(3)5-12(11(16)4)13-6-14-8-15-13/h5-6,8-9H,7H2,1-4H3,(H,14,15). The van der Waals surface area contributed by atoms with Crippen molar-refractivity contribution in [2.45, 2.75) is 34.2 Å². The summed E-state index contributed by atoms with van der Waals surface area (Å²) < 4.78 is 2.38. The van der Waals surface area contributed by atoms with E-state index < -0.39 is 0 Å². The third-order valence-electron chi connectivity index (χ3n) is 2.91. The van der Waals surface area contributed by atoms with Crippen molar-refractivity contribution in [1.29, 1.82) is 0 Å². The normalized spacial score (nSPS) is 11.3. The molecule has 16 heavy (non-hydrogen) atoms. The van der Waals surface area contributed by atoms with Crippen molar-refractivity contribution in [3.05, 3.63) is 30.0 Å². The molecule has 0 spiro atoms. The van der Waals surface area contributed by atoms with Gasteiger partial charge in [0.15, 0.2) is 0 Å². The number of nitrogens with zero attached hydrogens (tertiary/aromatic N) is 2. The van der Waals surface area contributed by atoms with Crippen molar-refractivity contribution in [3.63, 3.8) is 0 Å². The molecular formula is C13H19N3. The lowest BCUT2D eigenvalue weighted by molar-refractivity contribution is 0.509. The van der Waals surface area contributed by atoms with Crippen LogP contribution in [0.1, 0.15) is 25.2 Å². The summed E-state index contributed by atoms with van der Waals surface area (Å²) in [6.45, 7) is 9.90. The second-order valence-corrected chi connectivity index (χ2v) is 4.75. The van der Waals surface area contributed by atoms with Gasteiger partial charge in [-0.25, -0.2) is 4.98 Å². The number of hydrogen-bond donors (Lipinski definition) is 1. The summed E-state index contributed by atoms with van der Waals surface area (Å²) in [6, 6.07) is 2.23. The zero-order valence-electron chi connectivity index (χ0n) is 10.4. The lowest BCUT2D eigenvalue weighted by Gasteiger charge is -2.12. The minimum Gasteiger partial charge on any atom is -0.348 e. The Labute approximate surface area is 96.5 Å². The van der Waals surface area contributed by atoms with Crippen molar-refractivity contribution in [2.24, 2.45) is 5.92 Å². The molecule has 2 aromatic heterocycles. The average molecular weight is 217 g/mol. The largest absolute Gasteiger partial charge is 0.348 e. The minimum atomic E-state index is 0.666. The molecule has 0 atom stereocenters. The molecule has 2 heterocycles. The van der Waals surface area contributed by atoms with Gasteiger partial charge in [0.2, 0.25) is 0 Å². The molecule has 0 aliphatic rings. The van der Waals surface area contributed by atoms with Crippen molar-refractivity contribution in [3.8, 4) is 11.3 Å². The fourth-order valence-electron chi connectivity index (χ4n) is 2.12. The molecule has 0 amide bonds. The number of hydrogen-bond acceptors (Lipinski definition) is 1. The molecular weight excluding hydrogens is 198 g/mol. The van der Waals surface area contributed by atoms with Crippen molar-refractivity contribution < 1.29 is 0 Å². The van der Waals surface area contributed by atoms with Gasteiger partial charge in [-0.15, -0.1) is 0 Å². The number of aryl methyl sites for hydroxylation is 1. The van der Waals surface area contributed by atoms with Gasteiger partial charge in [0.05, 0.1) is 18.2 Å². The molecule has 0 radical (unpaired) electrons. The van der Waals surface area contributed by atoms with E-state index in [1.165, 1.54) is 17.0 Å². The van der Waals surface area contributed by atoms with Gasteiger partial charge in [-0.1, -0.05) is 13.8 Å². The van der Waals surface area contributed by atoms with Crippen molar-refractivity contribution in [2.75, 3.05) is 0 Å². The van der Waals surface area contributed by atoms with Crippen molar-refractivity contribution in [1.82, 2.24) is 14.5 Å². The monoisotopic (exact) mass is 217 g/mol. The van der Waals surface area contributed by atoms with Gasteiger partial charge < -0.3 is 9.55 Å². The second kappa shape index (κ2) is 4.16. The van der Waals surface area contributed by atoms with Gasteiger partial charge in [0, 0.05) is 23.5 Å². The molecule has 86 valence electrons. The van der Waals surface area contributed by atoms with Gasteiger partial charge in [0.1, 0.15) is 0 Å². The molecule has 2 rings (SSSR count). The van der Waals surface area contributed by atoms with Crippen LogP contribution in [0.2, 0.25) is 0 Å². The first-order valence-corrected chi connectivity index (χ1v) is 5.75. The van der Waals surface area contributed by atoms with Crippen LogP contribution >= 0.6 is 0 Å². The molecule has 0 aromatic carbocycles. The fourth-order valence-corrected chi connectivity index (χ4v) is 2.12. The maximum Gasteiger partial charge on any atom is 0.0924 e. The molecule has 0 saturated carbocycles. The Balaban J connectivity index is 2.43. The molecule has 0 aliphatic heterocycles. The number of imidazole rings is 1. The summed E-state index contributed by atoms with van der Waals surface area (Å²) in [7, 11) is 0. The first-order chi connectivity index (χ1) is 7.59. The van der Waals surface area contributed by atoms with E-state index >= 15 is 0 Å². The molecule has 0 saturated heterocycles. The maximum atomic E-state index is 4.07. The van der Waals surface area contributed by atoms with E-state index in [9.17, 15) is 0 Å². The third-order valence-corrected chi connectivity index (χ3v) is 2.91. The average Bonchev–Trinajstić information content (AvgIpc) is 2.80. The molecule has 0 bridgehead atoms. The Bertz CT molecular complexity index is 464. The first-order valence-electron chi connectivity index (χ1n) is 5.75. The molecule has 1 N–H and O–H groups in total.